The SMILES string of the molecule is CCOCCOCCOCCOCCOCCOCCOP(=O)(O)CO[C@H](CO)Cn1ccc(N)nc1=O. The first-order chi connectivity index (χ1) is 18.4. The maximum absolute atomic E-state index is 12.1. The van der Waals surface area contributed by atoms with Crippen LogP contribution >= 0.6 is 7.60 Å². The van der Waals surface area contributed by atoms with Gasteiger partial charge in [-0.3, -0.25) is 9.13 Å². The standard InChI is InChI=1S/C22H42N3O12P/c1-2-30-5-6-31-7-8-32-9-10-33-11-12-34-13-14-35-15-16-37-38(28,29)19-36-20(18-26)17-25-4-3-21(23)24-22(25)27/h3-4,20,26H,2,5-19H2,1H3,(H,28,29)(H2,23,24,27)/t20-/m0/s1. The Morgan fingerprint density at radius 2 is 1.37 bits per heavy atom. The Morgan fingerprint density at radius 3 is 1.82 bits per heavy atom. The van der Waals surface area contributed by atoms with Gasteiger partial charge in [-0.2, -0.15) is 4.98 Å². The fourth-order valence-corrected chi connectivity index (χ4v) is 3.52. The highest BCUT2D eigenvalue weighted by Gasteiger charge is 2.22. The molecule has 0 saturated heterocycles. The summed E-state index contributed by atoms with van der Waals surface area (Å²) in [6, 6.07) is 1.41. The molecule has 2 atom stereocenters. The van der Waals surface area contributed by atoms with Crippen molar-refractivity contribution >= 4 is 13.4 Å². The van der Waals surface area contributed by atoms with Crippen LogP contribution in [0.4, 0.5) is 5.82 Å². The minimum atomic E-state index is -4.08. The molecule has 0 aliphatic carbocycles. The number of nitrogen functional groups attached to an aromatic ring is 1. The second-order valence-electron chi connectivity index (χ2n) is 7.62. The summed E-state index contributed by atoms with van der Waals surface area (Å²) in [5, 5.41) is 9.42. The van der Waals surface area contributed by atoms with Crippen LogP contribution in [0.25, 0.3) is 0 Å². The van der Waals surface area contributed by atoms with Crippen molar-refractivity contribution in [3.8, 4) is 0 Å². The topological polar surface area (TPSA) is 192 Å². The maximum Gasteiger partial charge on any atom is 0.353 e. The van der Waals surface area contributed by atoms with E-state index in [0.29, 0.717) is 66.1 Å². The third kappa shape index (κ3) is 18.7. The quantitative estimate of drug-likeness (QED) is 0.0950. The van der Waals surface area contributed by atoms with Gasteiger partial charge in [-0.1, -0.05) is 0 Å². The molecule has 0 aliphatic heterocycles. The van der Waals surface area contributed by atoms with Gasteiger partial charge >= 0.3 is 13.3 Å². The van der Waals surface area contributed by atoms with E-state index in [-0.39, 0.29) is 32.2 Å². The molecular formula is C22H42N3O12P. The molecular weight excluding hydrogens is 529 g/mol. The van der Waals surface area contributed by atoms with Gasteiger partial charge < -0.3 is 53.4 Å². The molecule has 0 amide bonds. The van der Waals surface area contributed by atoms with Gasteiger partial charge in [0, 0.05) is 12.8 Å². The van der Waals surface area contributed by atoms with Gasteiger partial charge in [-0.25, -0.2) is 4.79 Å². The second kappa shape index (κ2) is 22.3. The lowest BCUT2D eigenvalue weighted by Crippen LogP contribution is -2.32. The van der Waals surface area contributed by atoms with E-state index in [1.54, 1.807) is 0 Å². The number of nitrogens with zero attached hydrogens (tertiary/aromatic N) is 2. The van der Waals surface area contributed by atoms with Crippen LogP contribution in [-0.2, 0) is 48.8 Å². The third-order valence-electron chi connectivity index (χ3n) is 4.56. The first-order valence-electron chi connectivity index (χ1n) is 12.4. The molecule has 1 aromatic heterocycles. The Balaban J connectivity index is 1.94. The monoisotopic (exact) mass is 571 g/mol. The van der Waals surface area contributed by atoms with Crippen molar-refractivity contribution in [3.63, 3.8) is 0 Å². The molecule has 0 fully saturated rings. The number of rotatable bonds is 26. The summed E-state index contributed by atoms with van der Waals surface area (Å²) in [6.45, 7) is 6.51. The van der Waals surface area contributed by atoms with Crippen LogP contribution in [0, 0.1) is 0 Å². The molecule has 15 nitrogen and oxygen atoms in total. The number of aliphatic hydroxyl groups excluding tert-OH is 1. The van der Waals surface area contributed by atoms with Crippen molar-refractivity contribution in [1.29, 1.82) is 0 Å². The van der Waals surface area contributed by atoms with E-state index < -0.39 is 32.3 Å². The Labute approximate surface area is 222 Å². The predicted octanol–water partition coefficient (Wildman–Crippen LogP) is -0.518. The molecule has 0 saturated carbocycles. The Bertz CT molecular complexity index is 816. The summed E-state index contributed by atoms with van der Waals surface area (Å²) >= 11 is 0. The minimum absolute atomic E-state index is 0.0627. The van der Waals surface area contributed by atoms with Gasteiger partial charge in [0.05, 0.1) is 98.5 Å². The molecule has 1 heterocycles. The highest BCUT2D eigenvalue weighted by molar-refractivity contribution is 7.52. The molecule has 38 heavy (non-hydrogen) atoms. The Morgan fingerprint density at radius 1 is 0.895 bits per heavy atom. The largest absolute Gasteiger partial charge is 0.394 e. The van der Waals surface area contributed by atoms with Crippen LogP contribution in [0.15, 0.2) is 17.1 Å². The van der Waals surface area contributed by atoms with Gasteiger partial charge in [0.15, 0.2) is 0 Å². The molecule has 16 heteroatoms. The lowest BCUT2D eigenvalue weighted by atomic mass is 10.3. The average Bonchev–Trinajstić information content (AvgIpc) is 2.89. The number of aromatic nitrogens is 2. The molecule has 0 spiro atoms. The summed E-state index contributed by atoms with van der Waals surface area (Å²) in [4.78, 5) is 25.2. The maximum atomic E-state index is 12.1. The zero-order valence-corrected chi connectivity index (χ0v) is 22.8. The van der Waals surface area contributed by atoms with Crippen molar-refractivity contribution in [2.75, 3.05) is 105 Å². The average molecular weight is 572 g/mol. The van der Waals surface area contributed by atoms with E-state index >= 15 is 0 Å². The molecule has 0 radical (unpaired) electrons. The van der Waals surface area contributed by atoms with Gasteiger partial charge in [0.2, 0.25) is 0 Å². The van der Waals surface area contributed by atoms with E-state index in [0.717, 1.165) is 0 Å². The molecule has 4 N–H and O–H groups in total. The normalized spacial score (nSPS) is 14.0. The van der Waals surface area contributed by atoms with E-state index in [9.17, 15) is 19.4 Å². The van der Waals surface area contributed by atoms with Crippen LogP contribution in [0.2, 0.25) is 0 Å². The van der Waals surface area contributed by atoms with E-state index in [4.69, 9.17) is 43.4 Å². The summed E-state index contributed by atoms with van der Waals surface area (Å²) in [5.41, 5.74) is 4.80. The van der Waals surface area contributed by atoms with E-state index in [1.807, 2.05) is 6.92 Å². The van der Waals surface area contributed by atoms with Gasteiger partial charge in [0.25, 0.3) is 0 Å². The molecule has 0 aliphatic rings. The molecule has 1 aromatic rings. The minimum Gasteiger partial charge on any atom is -0.394 e. The number of aliphatic hydroxyl groups is 1. The molecule has 1 rings (SSSR count). The molecule has 0 bridgehead atoms. The molecule has 0 aromatic carbocycles. The van der Waals surface area contributed by atoms with E-state index in [1.165, 1.54) is 16.8 Å². The van der Waals surface area contributed by atoms with Crippen LogP contribution in [0.1, 0.15) is 6.92 Å². The van der Waals surface area contributed by atoms with Crippen molar-refractivity contribution in [2.45, 2.75) is 19.6 Å². The Hall–Kier alpha value is -1.49. The summed E-state index contributed by atoms with van der Waals surface area (Å²) in [7, 11) is -4.08. The third-order valence-corrected chi connectivity index (χ3v) is 5.62. The van der Waals surface area contributed by atoms with Gasteiger partial charge in [0.1, 0.15) is 12.2 Å². The van der Waals surface area contributed by atoms with Crippen molar-refractivity contribution < 1.29 is 52.2 Å². The summed E-state index contributed by atoms with van der Waals surface area (Å²) < 4.78 is 55.3. The van der Waals surface area contributed by atoms with Crippen molar-refractivity contribution in [1.82, 2.24) is 9.55 Å². The first kappa shape index (κ1) is 34.5. The lowest BCUT2D eigenvalue weighted by Gasteiger charge is -2.19. The van der Waals surface area contributed by atoms with Gasteiger partial charge in [-0.05, 0) is 13.0 Å². The zero-order chi connectivity index (χ0) is 27.9. The first-order valence-corrected chi connectivity index (χ1v) is 14.1. The van der Waals surface area contributed by atoms with Crippen molar-refractivity contribution in [2.24, 2.45) is 0 Å². The van der Waals surface area contributed by atoms with Crippen LogP contribution in [0.5, 0.6) is 0 Å². The highest BCUT2D eigenvalue weighted by Crippen LogP contribution is 2.41. The predicted molar refractivity (Wildman–Crippen MR) is 136 cm³/mol. The molecule has 1 unspecified atom stereocenters. The number of anilines is 1. The zero-order valence-electron chi connectivity index (χ0n) is 21.9. The fourth-order valence-electron chi connectivity index (χ4n) is 2.68. The smallest absolute Gasteiger partial charge is 0.353 e. The van der Waals surface area contributed by atoms with E-state index in [2.05, 4.69) is 4.98 Å². The molecule has 222 valence electrons. The highest BCUT2D eigenvalue weighted by atomic mass is 31.2. The fraction of sp³-hybridized carbons (Fsp3) is 0.818. The van der Waals surface area contributed by atoms with Crippen LogP contribution in [-0.4, -0.2) is 124 Å². The summed E-state index contributed by atoms with van der Waals surface area (Å²) in [6.07, 6.45) is -0.186. The van der Waals surface area contributed by atoms with Crippen LogP contribution < -0.4 is 11.4 Å². The van der Waals surface area contributed by atoms with Gasteiger partial charge in [-0.15, -0.1) is 0 Å². The number of hydrogen-bond acceptors (Lipinski definition) is 13. The summed E-state index contributed by atoms with van der Waals surface area (Å²) in [5.74, 6) is 0.0627. The van der Waals surface area contributed by atoms with Crippen LogP contribution in [0.3, 0.4) is 0 Å². The second-order valence-corrected chi connectivity index (χ2v) is 9.41. The van der Waals surface area contributed by atoms with Crippen molar-refractivity contribution in [3.05, 3.63) is 22.7 Å². The number of nitrogens with two attached hydrogens (primary N) is 1. The number of hydrogen-bond donors (Lipinski definition) is 3. The number of ether oxygens (including phenoxy) is 7. The Kier molecular flexibility index (Phi) is 20.3. The lowest BCUT2D eigenvalue weighted by molar-refractivity contribution is -0.0178.